The van der Waals surface area contributed by atoms with Crippen LogP contribution in [0.2, 0.25) is 0 Å². The number of nitrogens with zero attached hydrogens (tertiary/aromatic N) is 2. The van der Waals surface area contributed by atoms with E-state index < -0.39 is 0 Å². The van der Waals surface area contributed by atoms with E-state index in [4.69, 9.17) is 0 Å². The highest BCUT2D eigenvalue weighted by Crippen LogP contribution is 2.24. The lowest BCUT2D eigenvalue weighted by Gasteiger charge is -2.30. The first-order valence-corrected chi connectivity index (χ1v) is 9.33. The van der Waals surface area contributed by atoms with Crippen LogP contribution in [0.3, 0.4) is 0 Å². The van der Waals surface area contributed by atoms with Crippen LogP contribution in [0.4, 0.5) is 5.69 Å². The molecule has 0 aliphatic carbocycles. The van der Waals surface area contributed by atoms with Gasteiger partial charge in [0.1, 0.15) is 0 Å². The smallest absolute Gasteiger partial charge is 0.253 e. The molecule has 4 rings (SSSR count). The lowest BCUT2D eigenvalue weighted by molar-refractivity contribution is 0.0939. The molecule has 0 saturated heterocycles. The van der Waals surface area contributed by atoms with Gasteiger partial charge in [0.2, 0.25) is 0 Å². The van der Waals surface area contributed by atoms with Crippen molar-refractivity contribution in [1.29, 1.82) is 0 Å². The van der Waals surface area contributed by atoms with Crippen LogP contribution in [0.1, 0.15) is 40.0 Å². The number of nitrogens with one attached hydrogen (secondary N) is 1. The number of fused-ring (bicyclic) bond motifs is 1. The number of pyridine rings is 1. The molecule has 0 saturated carbocycles. The molecule has 1 aliphatic rings. The van der Waals surface area contributed by atoms with Gasteiger partial charge in [0.15, 0.2) is 0 Å². The molecule has 1 aromatic heterocycles. The molecule has 0 fully saturated rings. The number of rotatable bonds is 4. The Morgan fingerprint density at radius 2 is 1.78 bits per heavy atom. The van der Waals surface area contributed by atoms with Crippen molar-refractivity contribution < 1.29 is 4.79 Å². The molecule has 1 unspecified atom stereocenters. The molecular weight excluding hydrogens is 334 g/mol. The van der Waals surface area contributed by atoms with Crippen LogP contribution in [0.25, 0.3) is 0 Å². The highest BCUT2D eigenvalue weighted by atomic mass is 16.1. The maximum atomic E-state index is 12.7. The number of carbonyl (C=O) groups is 1. The third-order valence-corrected chi connectivity index (χ3v) is 5.13. The van der Waals surface area contributed by atoms with Crippen molar-refractivity contribution in [2.75, 3.05) is 11.4 Å². The Morgan fingerprint density at radius 1 is 1.04 bits per heavy atom. The Kier molecular flexibility index (Phi) is 4.88. The summed E-state index contributed by atoms with van der Waals surface area (Å²) in [6.07, 6.45) is 4.48. The van der Waals surface area contributed by atoms with E-state index in [1.165, 1.54) is 11.1 Å². The summed E-state index contributed by atoms with van der Waals surface area (Å²) in [4.78, 5) is 19.3. The lowest BCUT2D eigenvalue weighted by atomic mass is 9.99. The van der Waals surface area contributed by atoms with Gasteiger partial charge in [-0.2, -0.15) is 0 Å². The largest absolute Gasteiger partial charge is 0.366 e. The van der Waals surface area contributed by atoms with E-state index in [0.29, 0.717) is 5.56 Å². The van der Waals surface area contributed by atoms with Gasteiger partial charge in [-0.15, -0.1) is 0 Å². The van der Waals surface area contributed by atoms with Crippen LogP contribution in [0.15, 0.2) is 73.1 Å². The summed E-state index contributed by atoms with van der Waals surface area (Å²) >= 11 is 0. The molecule has 0 bridgehead atoms. The fourth-order valence-corrected chi connectivity index (χ4v) is 3.55. The second-order valence-electron chi connectivity index (χ2n) is 6.98. The number of hydrogen-bond acceptors (Lipinski definition) is 3. The highest BCUT2D eigenvalue weighted by Gasteiger charge is 2.18. The Labute approximate surface area is 159 Å². The van der Waals surface area contributed by atoms with Crippen LogP contribution in [-0.4, -0.2) is 17.4 Å². The monoisotopic (exact) mass is 357 g/mol. The van der Waals surface area contributed by atoms with E-state index in [1.807, 2.05) is 49.5 Å². The van der Waals surface area contributed by atoms with Crippen LogP contribution < -0.4 is 10.2 Å². The number of hydrogen-bond donors (Lipinski definition) is 1. The molecule has 4 nitrogen and oxygen atoms in total. The molecule has 27 heavy (non-hydrogen) atoms. The van der Waals surface area contributed by atoms with Gasteiger partial charge in [-0.1, -0.05) is 54.6 Å². The van der Waals surface area contributed by atoms with Gasteiger partial charge in [0, 0.05) is 19.3 Å². The topological polar surface area (TPSA) is 45.2 Å². The van der Waals surface area contributed by atoms with Crippen molar-refractivity contribution in [3.05, 3.63) is 95.3 Å². The second kappa shape index (κ2) is 7.62. The molecule has 1 amide bonds. The van der Waals surface area contributed by atoms with Crippen molar-refractivity contribution in [3.63, 3.8) is 0 Å². The number of carbonyl (C=O) groups excluding carboxylic acids is 1. The zero-order valence-corrected chi connectivity index (χ0v) is 15.4. The normalized spacial score (nSPS) is 14.3. The second-order valence-corrected chi connectivity index (χ2v) is 6.98. The van der Waals surface area contributed by atoms with Crippen molar-refractivity contribution >= 4 is 11.6 Å². The molecule has 1 atom stereocenters. The van der Waals surface area contributed by atoms with Crippen LogP contribution >= 0.6 is 0 Å². The molecular formula is C23H23N3O. The Balaban J connectivity index is 1.49. The zero-order chi connectivity index (χ0) is 18.6. The number of aromatic nitrogens is 1. The zero-order valence-electron chi connectivity index (χ0n) is 15.4. The van der Waals surface area contributed by atoms with Gasteiger partial charge in [0.25, 0.3) is 5.91 Å². The van der Waals surface area contributed by atoms with Gasteiger partial charge < -0.3 is 10.2 Å². The first-order valence-electron chi connectivity index (χ1n) is 9.33. The lowest BCUT2D eigenvalue weighted by Crippen LogP contribution is -2.31. The van der Waals surface area contributed by atoms with E-state index in [9.17, 15) is 4.79 Å². The summed E-state index contributed by atoms with van der Waals surface area (Å²) in [5.74, 6) is -0.0990. The van der Waals surface area contributed by atoms with Gasteiger partial charge in [0.05, 0.1) is 23.5 Å². The number of anilines is 1. The van der Waals surface area contributed by atoms with Crippen LogP contribution in [0.5, 0.6) is 0 Å². The predicted molar refractivity (Wildman–Crippen MR) is 108 cm³/mol. The van der Waals surface area contributed by atoms with Gasteiger partial charge in [-0.05, 0) is 36.1 Å². The van der Waals surface area contributed by atoms with Gasteiger partial charge >= 0.3 is 0 Å². The molecule has 1 N–H and O–H groups in total. The van der Waals surface area contributed by atoms with Crippen molar-refractivity contribution in [2.24, 2.45) is 0 Å². The van der Waals surface area contributed by atoms with Crippen molar-refractivity contribution in [2.45, 2.75) is 25.9 Å². The van der Waals surface area contributed by atoms with E-state index in [-0.39, 0.29) is 11.9 Å². The van der Waals surface area contributed by atoms with E-state index in [2.05, 4.69) is 39.5 Å². The predicted octanol–water partition coefficient (Wildman–Crippen LogP) is 4.14. The fraction of sp³-hybridized carbons (Fsp3) is 0.217. The van der Waals surface area contributed by atoms with E-state index >= 15 is 0 Å². The van der Waals surface area contributed by atoms with Gasteiger partial charge in [-0.25, -0.2) is 0 Å². The van der Waals surface area contributed by atoms with E-state index in [1.54, 1.807) is 6.20 Å². The van der Waals surface area contributed by atoms with Crippen molar-refractivity contribution in [1.82, 2.24) is 10.3 Å². The van der Waals surface area contributed by atoms with Crippen LogP contribution in [-0.2, 0) is 13.0 Å². The summed E-state index contributed by atoms with van der Waals surface area (Å²) < 4.78 is 0. The molecule has 0 radical (unpaired) electrons. The first kappa shape index (κ1) is 17.3. The van der Waals surface area contributed by atoms with Crippen LogP contribution in [0, 0.1) is 0 Å². The third-order valence-electron chi connectivity index (χ3n) is 5.13. The summed E-state index contributed by atoms with van der Waals surface area (Å²) in [6, 6.07) is 20.4. The highest BCUT2D eigenvalue weighted by molar-refractivity contribution is 5.95. The SMILES string of the molecule is CC(NC(=O)c1cncc(N2CCc3ccccc3C2)c1)c1ccccc1. The maximum Gasteiger partial charge on any atom is 0.253 e. The average molecular weight is 357 g/mol. The molecule has 2 aromatic carbocycles. The minimum Gasteiger partial charge on any atom is -0.366 e. The summed E-state index contributed by atoms with van der Waals surface area (Å²) in [6.45, 7) is 3.78. The summed E-state index contributed by atoms with van der Waals surface area (Å²) in [5.41, 5.74) is 5.42. The quantitative estimate of drug-likeness (QED) is 0.763. The molecule has 3 aromatic rings. The Bertz CT molecular complexity index is 939. The Hall–Kier alpha value is -3.14. The maximum absolute atomic E-state index is 12.7. The molecule has 2 heterocycles. The minimum atomic E-state index is -0.0990. The summed E-state index contributed by atoms with van der Waals surface area (Å²) in [7, 11) is 0. The minimum absolute atomic E-state index is 0.0516. The third kappa shape index (κ3) is 3.85. The number of benzene rings is 2. The summed E-state index contributed by atoms with van der Waals surface area (Å²) in [5, 5.41) is 3.06. The first-order chi connectivity index (χ1) is 13.2. The molecule has 4 heteroatoms. The van der Waals surface area contributed by atoms with Crippen molar-refractivity contribution in [3.8, 4) is 0 Å². The molecule has 0 spiro atoms. The molecule has 136 valence electrons. The molecule has 1 aliphatic heterocycles. The Morgan fingerprint density at radius 3 is 2.59 bits per heavy atom. The number of amides is 1. The van der Waals surface area contributed by atoms with E-state index in [0.717, 1.165) is 30.8 Å². The average Bonchev–Trinajstić information content (AvgIpc) is 2.74. The van der Waals surface area contributed by atoms with Gasteiger partial charge in [-0.3, -0.25) is 9.78 Å². The fourth-order valence-electron chi connectivity index (χ4n) is 3.55. The standard InChI is InChI=1S/C23H23N3O/c1-17(18-7-3-2-4-8-18)25-23(27)21-13-22(15-24-14-21)26-12-11-19-9-5-6-10-20(19)16-26/h2-10,13-15,17H,11-12,16H2,1H3,(H,25,27).